The number of ether oxygens (including phenoxy) is 1. The molecule has 2 atom stereocenters. The smallest absolute Gasteiger partial charge is 0.270 e. The topological polar surface area (TPSA) is 94.9 Å². The number of aliphatic hydroxyl groups excluding tert-OH is 2. The summed E-state index contributed by atoms with van der Waals surface area (Å²) in [5, 5.41) is 22.0. The van der Waals surface area contributed by atoms with Crippen LogP contribution >= 0.6 is 0 Å². The molecule has 1 fully saturated rings. The van der Waals surface area contributed by atoms with Crippen LogP contribution in [0.15, 0.2) is 48.7 Å². The molecule has 3 N–H and O–H groups in total. The van der Waals surface area contributed by atoms with E-state index in [1.807, 2.05) is 24.3 Å². The van der Waals surface area contributed by atoms with Gasteiger partial charge in [0.2, 0.25) is 0 Å². The third kappa shape index (κ3) is 4.78. The molecule has 1 amide bonds. The molecule has 0 spiro atoms. The van der Waals surface area contributed by atoms with Crippen LogP contribution in [0.5, 0.6) is 5.75 Å². The Morgan fingerprint density at radius 1 is 1.27 bits per heavy atom. The van der Waals surface area contributed by atoms with Gasteiger partial charge in [-0.25, -0.2) is 0 Å². The van der Waals surface area contributed by atoms with Gasteiger partial charge in [0.1, 0.15) is 18.1 Å². The Bertz CT molecular complexity index is 726. The van der Waals surface area contributed by atoms with Gasteiger partial charge >= 0.3 is 0 Å². The number of nitrogens with zero attached hydrogens (tertiary/aromatic N) is 2. The van der Waals surface area contributed by atoms with Crippen LogP contribution in [0.2, 0.25) is 0 Å². The quantitative estimate of drug-likeness (QED) is 0.665. The number of likely N-dealkylation sites (tertiary alicyclic amines) is 1. The number of aromatic nitrogens is 1. The highest BCUT2D eigenvalue weighted by Gasteiger charge is 2.32. The minimum Gasteiger partial charge on any atom is -0.491 e. The summed E-state index contributed by atoms with van der Waals surface area (Å²) in [5.74, 6) is 0.423. The zero-order chi connectivity index (χ0) is 18.4. The Kier molecular flexibility index (Phi) is 6.17. The molecule has 0 unspecified atom stereocenters. The summed E-state index contributed by atoms with van der Waals surface area (Å²) >= 11 is 0. The molecule has 2 heterocycles. The Morgan fingerprint density at radius 2 is 2.15 bits per heavy atom. The summed E-state index contributed by atoms with van der Waals surface area (Å²) < 4.78 is 5.42. The fourth-order valence-corrected chi connectivity index (χ4v) is 3.03. The Hall–Kier alpha value is -2.48. The van der Waals surface area contributed by atoms with Crippen LogP contribution in [-0.2, 0) is 6.54 Å². The van der Waals surface area contributed by atoms with Gasteiger partial charge in [-0.3, -0.25) is 14.7 Å². The van der Waals surface area contributed by atoms with E-state index in [1.54, 1.807) is 24.4 Å². The van der Waals surface area contributed by atoms with Gasteiger partial charge < -0.3 is 20.3 Å². The number of pyridine rings is 1. The van der Waals surface area contributed by atoms with Crippen LogP contribution in [0.3, 0.4) is 0 Å². The molecular formula is C19H23N3O4. The van der Waals surface area contributed by atoms with Crippen LogP contribution in [0.1, 0.15) is 16.1 Å². The number of rotatable bonds is 7. The van der Waals surface area contributed by atoms with E-state index in [0.717, 1.165) is 5.56 Å². The number of amides is 1. The number of β-amino-alcohol motifs (C(OH)–C–C–N with tert-alkyl or cyclic N) is 1. The van der Waals surface area contributed by atoms with Crippen molar-refractivity contribution in [3.05, 3.63) is 59.9 Å². The van der Waals surface area contributed by atoms with Crippen molar-refractivity contribution < 1.29 is 19.7 Å². The summed E-state index contributed by atoms with van der Waals surface area (Å²) in [6.45, 7) is 1.91. The van der Waals surface area contributed by atoms with Crippen molar-refractivity contribution in [2.24, 2.45) is 0 Å². The number of benzene rings is 1. The van der Waals surface area contributed by atoms with Crippen molar-refractivity contribution >= 4 is 5.91 Å². The Labute approximate surface area is 152 Å². The first-order valence-electron chi connectivity index (χ1n) is 8.60. The maximum atomic E-state index is 12.2. The third-order valence-electron chi connectivity index (χ3n) is 4.24. The molecule has 26 heavy (non-hydrogen) atoms. The molecule has 7 nitrogen and oxygen atoms in total. The average molecular weight is 357 g/mol. The number of carbonyl (C=O) groups is 1. The summed E-state index contributed by atoms with van der Waals surface area (Å²) in [7, 11) is 0. The zero-order valence-corrected chi connectivity index (χ0v) is 14.4. The molecule has 0 saturated carbocycles. The predicted molar refractivity (Wildman–Crippen MR) is 95.8 cm³/mol. The molecular weight excluding hydrogens is 334 g/mol. The third-order valence-corrected chi connectivity index (χ3v) is 4.24. The van der Waals surface area contributed by atoms with Crippen LogP contribution in [0, 0.1) is 0 Å². The predicted octanol–water partition coefficient (Wildman–Crippen LogP) is 0.428. The normalized spacial score (nSPS) is 20.1. The molecule has 7 heteroatoms. The van der Waals surface area contributed by atoms with Crippen molar-refractivity contribution in [2.75, 3.05) is 26.3 Å². The van der Waals surface area contributed by atoms with E-state index in [2.05, 4.69) is 15.2 Å². The lowest BCUT2D eigenvalue weighted by atomic mass is 10.2. The lowest BCUT2D eigenvalue weighted by molar-refractivity contribution is 0.0883. The highest BCUT2D eigenvalue weighted by molar-refractivity contribution is 5.92. The minimum atomic E-state index is -0.628. The van der Waals surface area contributed by atoms with E-state index in [1.165, 1.54) is 0 Å². The van der Waals surface area contributed by atoms with Gasteiger partial charge in [-0.15, -0.1) is 0 Å². The van der Waals surface area contributed by atoms with Crippen LogP contribution < -0.4 is 10.1 Å². The summed E-state index contributed by atoms with van der Waals surface area (Å²) in [5.41, 5.74) is 1.39. The summed E-state index contributed by atoms with van der Waals surface area (Å²) in [6.07, 6.45) is 0.939. The fourth-order valence-electron chi connectivity index (χ4n) is 3.03. The van der Waals surface area contributed by atoms with Crippen molar-refractivity contribution in [3.63, 3.8) is 0 Å². The highest BCUT2D eigenvalue weighted by Crippen LogP contribution is 2.18. The number of hydrogen-bond acceptors (Lipinski definition) is 6. The van der Waals surface area contributed by atoms with Crippen LogP contribution in [0.4, 0.5) is 0 Å². The van der Waals surface area contributed by atoms with Crippen LogP contribution in [0.25, 0.3) is 0 Å². The number of nitrogens with one attached hydrogen (secondary N) is 1. The molecule has 2 aromatic rings. The first kappa shape index (κ1) is 18.3. The molecule has 1 aromatic heterocycles. The summed E-state index contributed by atoms with van der Waals surface area (Å²) in [4.78, 5) is 18.3. The molecule has 1 aliphatic heterocycles. The van der Waals surface area contributed by atoms with Gasteiger partial charge in [0, 0.05) is 25.8 Å². The molecule has 138 valence electrons. The van der Waals surface area contributed by atoms with E-state index in [-0.39, 0.29) is 25.2 Å². The van der Waals surface area contributed by atoms with E-state index < -0.39 is 6.10 Å². The molecule has 0 radical (unpaired) electrons. The second-order valence-electron chi connectivity index (χ2n) is 6.28. The van der Waals surface area contributed by atoms with Gasteiger partial charge in [-0.2, -0.15) is 0 Å². The molecule has 1 aromatic carbocycles. The van der Waals surface area contributed by atoms with Crippen molar-refractivity contribution in [3.8, 4) is 5.75 Å². The van der Waals surface area contributed by atoms with Gasteiger partial charge in [-0.05, 0) is 29.8 Å². The number of aliphatic hydroxyl groups is 2. The molecule has 0 aliphatic carbocycles. The Balaban J connectivity index is 1.56. The second kappa shape index (κ2) is 8.75. The molecule has 0 bridgehead atoms. The SMILES string of the molecule is O=C(N[C@@H]1CN(Cc2cccc(OCCO)c2)C[C@H]1O)c1ccccn1. The van der Waals surface area contributed by atoms with E-state index >= 15 is 0 Å². The van der Waals surface area contributed by atoms with Crippen molar-refractivity contribution in [1.82, 2.24) is 15.2 Å². The van der Waals surface area contributed by atoms with Crippen molar-refractivity contribution in [2.45, 2.75) is 18.7 Å². The molecule has 1 aliphatic rings. The fraction of sp³-hybridized carbons (Fsp3) is 0.368. The average Bonchev–Trinajstić information content (AvgIpc) is 3.00. The highest BCUT2D eigenvalue weighted by atomic mass is 16.5. The Morgan fingerprint density at radius 3 is 2.92 bits per heavy atom. The van der Waals surface area contributed by atoms with Gasteiger partial charge in [-0.1, -0.05) is 18.2 Å². The van der Waals surface area contributed by atoms with Gasteiger partial charge in [0.15, 0.2) is 0 Å². The summed E-state index contributed by atoms with van der Waals surface area (Å²) in [6, 6.07) is 12.5. The zero-order valence-electron chi connectivity index (χ0n) is 14.4. The largest absolute Gasteiger partial charge is 0.491 e. The van der Waals surface area contributed by atoms with E-state index in [4.69, 9.17) is 9.84 Å². The minimum absolute atomic E-state index is 0.0276. The standard InChI is InChI=1S/C19H23N3O4/c23-8-9-26-15-5-3-4-14(10-15)11-22-12-17(18(24)13-22)21-19(25)16-6-1-2-7-20-16/h1-7,10,17-18,23-24H,8-9,11-13H2,(H,21,25)/t17-,18-/m1/s1. The maximum Gasteiger partial charge on any atom is 0.270 e. The van der Waals surface area contributed by atoms with Gasteiger partial charge in [0.25, 0.3) is 5.91 Å². The molecule has 3 rings (SSSR count). The van der Waals surface area contributed by atoms with Crippen molar-refractivity contribution in [1.29, 1.82) is 0 Å². The van der Waals surface area contributed by atoms with E-state index in [9.17, 15) is 9.90 Å². The lowest BCUT2D eigenvalue weighted by Crippen LogP contribution is -2.43. The first-order chi connectivity index (χ1) is 12.7. The number of hydrogen-bond donors (Lipinski definition) is 3. The monoisotopic (exact) mass is 357 g/mol. The second-order valence-corrected chi connectivity index (χ2v) is 6.28. The van der Waals surface area contributed by atoms with E-state index in [0.29, 0.717) is 31.1 Å². The first-order valence-corrected chi connectivity index (χ1v) is 8.60. The lowest BCUT2D eigenvalue weighted by Gasteiger charge is -2.17. The van der Waals surface area contributed by atoms with Gasteiger partial charge in [0.05, 0.1) is 18.8 Å². The number of carbonyl (C=O) groups excluding carboxylic acids is 1. The maximum absolute atomic E-state index is 12.2. The molecule has 1 saturated heterocycles. The van der Waals surface area contributed by atoms with Crippen LogP contribution in [-0.4, -0.2) is 64.5 Å².